The summed E-state index contributed by atoms with van der Waals surface area (Å²) in [5, 5.41) is 2.79. The molecule has 1 N–H and O–H groups in total. The number of para-hydroxylation sites is 1. The van der Waals surface area contributed by atoms with E-state index in [9.17, 15) is 14.4 Å². The first kappa shape index (κ1) is 32.3. The van der Waals surface area contributed by atoms with Crippen molar-refractivity contribution in [3.8, 4) is 11.5 Å². The van der Waals surface area contributed by atoms with Crippen LogP contribution in [0.15, 0.2) is 109 Å². The van der Waals surface area contributed by atoms with Crippen molar-refractivity contribution in [1.82, 2.24) is 5.32 Å². The van der Waals surface area contributed by atoms with E-state index in [2.05, 4.69) is 5.32 Å². The molecule has 1 saturated carbocycles. The molecule has 8 heteroatoms. The van der Waals surface area contributed by atoms with E-state index in [0.717, 1.165) is 42.5 Å². The van der Waals surface area contributed by atoms with Crippen molar-refractivity contribution in [3.63, 3.8) is 0 Å². The standard InChI is InChI=1S/C38H40N2O6/c1-44-38(43)35(25-28-17-21-33(22-18-28)45-26-29-11-5-2-6-12-29)39-37(42)30-19-23-34(24-20-30)46-27-36(41)40(31-13-7-3-8-14-31)32-15-9-4-10-16-32/h2-3,5-8,11-14,17-24,32,35H,4,9-10,15-16,25-27H2,1H3,(H,39,42). The summed E-state index contributed by atoms with van der Waals surface area (Å²) in [6.07, 6.45) is 5.62. The average molecular weight is 621 g/mol. The van der Waals surface area contributed by atoms with E-state index >= 15 is 0 Å². The second kappa shape index (κ2) is 16.3. The number of methoxy groups -OCH3 is 1. The summed E-state index contributed by atoms with van der Waals surface area (Å²) in [5.41, 5.74) is 3.14. The van der Waals surface area contributed by atoms with Crippen LogP contribution in [0.25, 0.3) is 0 Å². The van der Waals surface area contributed by atoms with E-state index in [1.807, 2.05) is 89.8 Å². The van der Waals surface area contributed by atoms with Crippen LogP contribution in [-0.4, -0.2) is 43.6 Å². The second-order valence-corrected chi connectivity index (χ2v) is 11.4. The molecular weight excluding hydrogens is 580 g/mol. The molecule has 8 nitrogen and oxygen atoms in total. The maximum Gasteiger partial charge on any atom is 0.328 e. The van der Waals surface area contributed by atoms with Crippen LogP contribution in [0.2, 0.25) is 0 Å². The van der Waals surface area contributed by atoms with Crippen LogP contribution < -0.4 is 19.7 Å². The highest BCUT2D eigenvalue weighted by Gasteiger charge is 2.27. The number of rotatable bonds is 13. The van der Waals surface area contributed by atoms with Gasteiger partial charge in [-0.3, -0.25) is 9.59 Å². The fourth-order valence-electron chi connectivity index (χ4n) is 5.68. The lowest BCUT2D eigenvalue weighted by atomic mass is 9.93. The fourth-order valence-corrected chi connectivity index (χ4v) is 5.68. The summed E-state index contributed by atoms with van der Waals surface area (Å²) < 4.78 is 16.7. The molecule has 0 bridgehead atoms. The minimum absolute atomic E-state index is 0.100. The molecule has 4 aromatic rings. The Kier molecular flexibility index (Phi) is 11.4. The number of ether oxygens (including phenoxy) is 3. The molecule has 0 saturated heterocycles. The number of nitrogens with one attached hydrogen (secondary N) is 1. The Hall–Kier alpha value is -5.11. The van der Waals surface area contributed by atoms with Crippen molar-refractivity contribution in [2.75, 3.05) is 18.6 Å². The normalized spacial score (nSPS) is 13.7. The predicted molar refractivity (Wildman–Crippen MR) is 177 cm³/mol. The van der Waals surface area contributed by atoms with Crippen LogP contribution in [0.3, 0.4) is 0 Å². The number of carbonyl (C=O) groups is 3. The molecule has 1 aliphatic carbocycles. The number of hydrogen-bond acceptors (Lipinski definition) is 6. The molecule has 46 heavy (non-hydrogen) atoms. The quantitative estimate of drug-likeness (QED) is 0.171. The van der Waals surface area contributed by atoms with E-state index in [1.54, 1.807) is 24.3 Å². The molecule has 238 valence electrons. The van der Waals surface area contributed by atoms with Gasteiger partial charge in [0.1, 0.15) is 24.1 Å². The maximum atomic E-state index is 13.4. The summed E-state index contributed by atoms with van der Waals surface area (Å²) in [6.45, 7) is 0.338. The van der Waals surface area contributed by atoms with Gasteiger partial charge in [-0.1, -0.05) is 79.9 Å². The summed E-state index contributed by atoms with van der Waals surface area (Å²) in [4.78, 5) is 40.9. The second-order valence-electron chi connectivity index (χ2n) is 11.4. The Morgan fingerprint density at radius 3 is 2.00 bits per heavy atom. The summed E-state index contributed by atoms with van der Waals surface area (Å²) in [7, 11) is 1.29. The average Bonchev–Trinajstić information content (AvgIpc) is 3.11. The molecule has 1 fully saturated rings. The number of hydrogen-bond donors (Lipinski definition) is 1. The van der Waals surface area contributed by atoms with Crippen LogP contribution in [-0.2, 0) is 27.4 Å². The van der Waals surface area contributed by atoms with E-state index < -0.39 is 17.9 Å². The van der Waals surface area contributed by atoms with Gasteiger partial charge in [0.05, 0.1) is 7.11 Å². The Labute approximate surface area is 270 Å². The Balaban J connectivity index is 1.15. The molecular formula is C38H40N2O6. The smallest absolute Gasteiger partial charge is 0.328 e. The van der Waals surface area contributed by atoms with Gasteiger partial charge >= 0.3 is 5.97 Å². The molecule has 0 aromatic heterocycles. The first-order chi connectivity index (χ1) is 22.5. The largest absolute Gasteiger partial charge is 0.489 e. The van der Waals surface area contributed by atoms with Crippen molar-refractivity contribution in [3.05, 3.63) is 126 Å². The number of esters is 1. The number of benzene rings is 4. The van der Waals surface area contributed by atoms with Crippen LogP contribution in [0, 0.1) is 0 Å². The lowest BCUT2D eigenvalue weighted by Crippen LogP contribution is -2.44. The van der Waals surface area contributed by atoms with Gasteiger partial charge in [0.15, 0.2) is 6.61 Å². The monoisotopic (exact) mass is 620 g/mol. The van der Waals surface area contributed by atoms with Gasteiger partial charge < -0.3 is 24.4 Å². The zero-order chi connectivity index (χ0) is 32.1. The zero-order valence-corrected chi connectivity index (χ0v) is 26.1. The van der Waals surface area contributed by atoms with Crippen LogP contribution in [0.5, 0.6) is 11.5 Å². The minimum Gasteiger partial charge on any atom is -0.489 e. The molecule has 1 aliphatic rings. The van der Waals surface area contributed by atoms with E-state index in [4.69, 9.17) is 14.2 Å². The highest BCUT2D eigenvalue weighted by molar-refractivity contribution is 5.97. The third kappa shape index (κ3) is 8.97. The predicted octanol–water partition coefficient (Wildman–Crippen LogP) is 6.52. The Morgan fingerprint density at radius 2 is 1.35 bits per heavy atom. The first-order valence-electron chi connectivity index (χ1n) is 15.7. The SMILES string of the molecule is COC(=O)C(Cc1ccc(OCc2ccccc2)cc1)NC(=O)c1ccc(OCC(=O)N(c2ccccc2)C2CCCCC2)cc1. The number of anilines is 1. The minimum atomic E-state index is -0.883. The third-order valence-electron chi connectivity index (χ3n) is 8.12. The zero-order valence-electron chi connectivity index (χ0n) is 26.1. The van der Waals surface area contributed by atoms with E-state index in [1.165, 1.54) is 13.5 Å². The van der Waals surface area contributed by atoms with E-state index in [0.29, 0.717) is 23.7 Å². The van der Waals surface area contributed by atoms with Crippen LogP contribution in [0.1, 0.15) is 53.6 Å². The highest BCUT2D eigenvalue weighted by Crippen LogP contribution is 2.28. The number of carbonyl (C=O) groups excluding carboxylic acids is 3. The molecule has 0 aliphatic heterocycles. The van der Waals surface area contributed by atoms with Crippen LogP contribution >= 0.6 is 0 Å². The summed E-state index contributed by atoms with van der Waals surface area (Å²) in [6, 6.07) is 32.8. The summed E-state index contributed by atoms with van der Waals surface area (Å²) >= 11 is 0. The van der Waals surface area contributed by atoms with Crippen molar-refractivity contribution in [1.29, 1.82) is 0 Å². The molecule has 2 amide bonds. The first-order valence-corrected chi connectivity index (χ1v) is 15.7. The number of nitrogens with zero attached hydrogens (tertiary/aromatic N) is 1. The molecule has 5 rings (SSSR count). The van der Waals surface area contributed by atoms with Gasteiger partial charge in [0, 0.05) is 23.7 Å². The Bertz CT molecular complexity index is 1550. The van der Waals surface area contributed by atoms with Gasteiger partial charge in [-0.25, -0.2) is 4.79 Å². The van der Waals surface area contributed by atoms with Gasteiger partial charge in [0.25, 0.3) is 11.8 Å². The molecule has 1 atom stereocenters. The summed E-state index contributed by atoms with van der Waals surface area (Å²) in [5.74, 6) is 0.111. The third-order valence-corrected chi connectivity index (χ3v) is 8.12. The Morgan fingerprint density at radius 1 is 0.739 bits per heavy atom. The lowest BCUT2D eigenvalue weighted by Gasteiger charge is -2.34. The molecule has 0 radical (unpaired) electrons. The van der Waals surface area contributed by atoms with Crippen molar-refractivity contribution >= 4 is 23.5 Å². The van der Waals surface area contributed by atoms with Crippen molar-refractivity contribution in [2.24, 2.45) is 0 Å². The van der Waals surface area contributed by atoms with E-state index in [-0.39, 0.29) is 25.0 Å². The van der Waals surface area contributed by atoms with Gasteiger partial charge in [0.2, 0.25) is 0 Å². The topological polar surface area (TPSA) is 94.2 Å². The molecule has 4 aromatic carbocycles. The van der Waals surface area contributed by atoms with Crippen molar-refractivity contribution in [2.45, 2.75) is 57.2 Å². The fraction of sp³-hybridized carbons (Fsp3) is 0.289. The maximum absolute atomic E-state index is 13.4. The van der Waals surface area contributed by atoms with Gasteiger partial charge in [-0.15, -0.1) is 0 Å². The van der Waals surface area contributed by atoms with Gasteiger partial charge in [-0.05, 0) is 72.5 Å². The highest BCUT2D eigenvalue weighted by atomic mass is 16.5. The lowest BCUT2D eigenvalue weighted by molar-refractivity contribution is -0.142. The van der Waals surface area contributed by atoms with Crippen molar-refractivity contribution < 1.29 is 28.6 Å². The van der Waals surface area contributed by atoms with Crippen LogP contribution in [0.4, 0.5) is 5.69 Å². The molecule has 0 heterocycles. The number of amides is 2. The molecule has 0 spiro atoms. The molecule has 1 unspecified atom stereocenters. The van der Waals surface area contributed by atoms with Gasteiger partial charge in [-0.2, -0.15) is 0 Å².